The molecule has 1 rings (SSSR count). The number of nitrogens with one attached hydrogen (secondary N) is 1. The second kappa shape index (κ2) is 7.94. The van der Waals surface area contributed by atoms with Crippen molar-refractivity contribution in [1.82, 2.24) is 9.97 Å². The predicted molar refractivity (Wildman–Crippen MR) is 79.9 cm³/mol. The van der Waals surface area contributed by atoms with Crippen molar-refractivity contribution in [1.29, 1.82) is 0 Å². The summed E-state index contributed by atoms with van der Waals surface area (Å²) in [6, 6.07) is 2.01. The maximum atomic E-state index is 5.18. The molecule has 1 N–H and O–H groups in total. The first-order valence-electron chi connectivity index (χ1n) is 6.90. The lowest BCUT2D eigenvalue weighted by Crippen LogP contribution is -2.32. The van der Waals surface area contributed by atoms with E-state index < -0.39 is 0 Å². The molecule has 108 valence electrons. The molecule has 0 fully saturated rings. The Labute approximate surface area is 116 Å². The van der Waals surface area contributed by atoms with E-state index in [9.17, 15) is 0 Å². The van der Waals surface area contributed by atoms with Gasteiger partial charge in [-0.05, 0) is 19.8 Å². The molecule has 0 saturated heterocycles. The fourth-order valence-electron chi connectivity index (χ4n) is 1.93. The Hall–Kier alpha value is -1.36. The number of methoxy groups -OCH3 is 1. The molecule has 1 aromatic rings. The van der Waals surface area contributed by atoms with E-state index >= 15 is 0 Å². The van der Waals surface area contributed by atoms with Gasteiger partial charge in [-0.1, -0.05) is 13.8 Å². The largest absolute Gasteiger partial charge is 0.383 e. The van der Waals surface area contributed by atoms with Crippen LogP contribution in [0.2, 0.25) is 0 Å². The number of aromatic nitrogens is 2. The third kappa shape index (κ3) is 5.42. The van der Waals surface area contributed by atoms with Crippen LogP contribution < -0.4 is 10.2 Å². The van der Waals surface area contributed by atoms with Crippen molar-refractivity contribution in [3.8, 4) is 0 Å². The van der Waals surface area contributed by atoms with Gasteiger partial charge in [-0.25, -0.2) is 9.97 Å². The molecule has 0 aliphatic carbocycles. The third-order valence-corrected chi connectivity index (χ3v) is 2.66. The van der Waals surface area contributed by atoms with Crippen molar-refractivity contribution in [2.24, 2.45) is 5.92 Å². The van der Waals surface area contributed by atoms with Gasteiger partial charge in [0.05, 0.1) is 6.61 Å². The summed E-state index contributed by atoms with van der Waals surface area (Å²) in [6.45, 7) is 11.8. The Morgan fingerprint density at radius 1 is 1.37 bits per heavy atom. The van der Waals surface area contributed by atoms with Gasteiger partial charge in [-0.3, -0.25) is 0 Å². The summed E-state index contributed by atoms with van der Waals surface area (Å²) in [5.41, 5.74) is 0. The van der Waals surface area contributed by atoms with Gasteiger partial charge in [0.25, 0.3) is 0 Å². The van der Waals surface area contributed by atoms with Crippen molar-refractivity contribution in [3.63, 3.8) is 0 Å². The monoisotopic (exact) mass is 266 g/mol. The highest BCUT2D eigenvalue weighted by Crippen LogP contribution is 2.17. The fourth-order valence-corrected chi connectivity index (χ4v) is 1.93. The van der Waals surface area contributed by atoms with Crippen molar-refractivity contribution in [3.05, 3.63) is 11.9 Å². The second-order valence-electron chi connectivity index (χ2n) is 5.02. The Bertz CT molecular complexity index is 382. The van der Waals surface area contributed by atoms with Crippen LogP contribution in [0.4, 0.5) is 11.6 Å². The van der Waals surface area contributed by atoms with Gasteiger partial charge in [0.1, 0.15) is 17.5 Å². The molecule has 1 heterocycles. The molecule has 19 heavy (non-hydrogen) atoms. The Balaban J connectivity index is 2.92. The maximum Gasteiger partial charge on any atom is 0.134 e. The summed E-state index contributed by atoms with van der Waals surface area (Å²) < 4.78 is 5.18. The van der Waals surface area contributed by atoms with Crippen LogP contribution in [-0.2, 0) is 4.74 Å². The van der Waals surface area contributed by atoms with Crippen LogP contribution in [0.15, 0.2) is 6.07 Å². The Morgan fingerprint density at radius 3 is 2.68 bits per heavy atom. The fraction of sp³-hybridized carbons (Fsp3) is 0.714. The zero-order chi connectivity index (χ0) is 14.3. The quantitative estimate of drug-likeness (QED) is 0.782. The van der Waals surface area contributed by atoms with Crippen LogP contribution in [0.3, 0.4) is 0 Å². The van der Waals surface area contributed by atoms with Crippen LogP contribution in [0.1, 0.15) is 26.6 Å². The lowest BCUT2D eigenvalue weighted by Gasteiger charge is -2.26. The van der Waals surface area contributed by atoms with E-state index in [2.05, 4.69) is 41.0 Å². The average molecular weight is 266 g/mol. The molecule has 0 spiro atoms. The Morgan fingerprint density at radius 2 is 2.11 bits per heavy atom. The second-order valence-corrected chi connectivity index (χ2v) is 5.02. The van der Waals surface area contributed by atoms with Gasteiger partial charge in [0.2, 0.25) is 0 Å². The molecular weight excluding hydrogens is 240 g/mol. The minimum atomic E-state index is 0.578. The van der Waals surface area contributed by atoms with Gasteiger partial charge in [-0.2, -0.15) is 0 Å². The molecule has 0 atom stereocenters. The molecule has 0 unspecified atom stereocenters. The highest BCUT2D eigenvalue weighted by Gasteiger charge is 2.12. The van der Waals surface area contributed by atoms with Gasteiger partial charge in [0, 0.05) is 32.8 Å². The molecule has 0 aliphatic heterocycles. The third-order valence-electron chi connectivity index (χ3n) is 2.66. The standard InChI is InChI=1S/C14H26N4O/c1-6-15-13-9-14(17-12(4)16-13)18(7-8-19-5)10-11(2)3/h9,11H,6-8,10H2,1-5H3,(H,15,16,17). The number of hydrogen-bond donors (Lipinski definition) is 1. The van der Waals surface area contributed by atoms with E-state index in [1.165, 1.54) is 0 Å². The summed E-state index contributed by atoms with van der Waals surface area (Å²) >= 11 is 0. The van der Waals surface area contributed by atoms with Gasteiger partial charge < -0.3 is 15.0 Å². The highest BCUT2D eigenvalue weighted by molar-refractivity contribution is 5.49. The highest BCUT2D eigenvalue weighted by atomic mass is 16.5. The minimum absolute atomic E-state index is 0.578. The smallest absolute Gasteiger partial charge is 0.134 e. The molecule has 0 saturated carbocycles. The molecule has 0 aliphatic rings. The number of aryl methyl sites for hydroxylation is 1. The predicted octanol–water partition coefficient (Wildman–Crippen LogP) is 2.33. The van der Waals surface area contributed by atoms with E-state index in [-0.39, 0.29) is 0 Å². The summed E-state index contributed by atoms with van der Waals surface area (Å²) in [7, 11) is 1.73. The zero-order valence-corrected chi connectivity index (χ0v) is 12.7. The SMILES string of the molecule is CCNc1cc(N(CCOC)CC(C)C)nc(C)n1. The molecule has 0 bridgehead atoms. The minimum Gasteiger partial charge on any atom is -0.383 e. The Kier molecular flexibility index (Phi) is 6.56. The van der Waals surface area contributed by atoms with Gasteiger partial charge in [-0.15, -0.1) is 0 Å². The lowest BCUT2D eigenvalue weighted by atomic mass is 10.2. The molecule has 5 heteroatoms. The maximum absolute atomic E-state index is 5.18. The molecule has 0 radical (unpaired) electrons. The summed E-state index contributed by atoms with van der Waals surface area (Å²) in [4.78, 5) is 11.2. The summed E-state index contributed by atoms with van der Waals surface area (Å²) in [5, 5.41) is 3.24. The number of ether oxygens (including phenoxy) is 1. The van der Waals surface area contributed by atoms with E-state index in [1.54, 1.807) is 7.11 Å². The van der Waals surface area contributed by atoms with Crippen molar-refractivity contribution in [2.75, 3.05) is 43.6 Å². The molecule has 5 nitrogen and oxygen atoms in total. The average Bonchev–Trinajstić information content (AvgIpc) is 2.33. The molecule has 0 aromatic carbocycles. The van der Waals surface area contributed by atoms with Crippen LogP contribution in [0.25, 0.3) is 0 Å². The first-order chi connectivity index (χ1) is 9.06. The van der Waals surface area contributed by atoms with E-state index in [4.69, 9.17) is 4.74 Å². The van der Waals surface area contributed by atoms with Crippen molar-refractivity contribution >= 4 is 11.6 Å². The van der Waals surface area contributed by atoms with Crippen LogP contribution >= 0.6 is 0 Å². The summed E-state index contributed by atoms with van der Waals surface area (Å²) in [6.07, 6.45) is 0. The van der Waals surface area contributed by atoms with Crippen LogP contribution in [-0.4, -0.2) is 43.3 Å². The number of rotatable bonds is 8. The topological polar surface area (TPSA) is 50.3 Å². The zero-order valence-electron chi connectivity index (χ0n) is 12.7. The van der Waals surface area contributed by atoms with Gasteiger partial charge in [0.15, 0.2) is 0 Å². The molecule has 1 aromatic heterocycles. The molecule has 0 amide bonds. The van der Waals surface area contributed by atoms with E-state index in [0.717, 1.165) is 37.1 Å². The first-order valence-corrected chi connectivity index (χ1v) is 6.90. The van der Waals surface area contributed by atoms with E-state index in [1.807, 2.05) is 13.0 Å². The number of anilines is 2. The normalized spacial score (nSPS) is 10.8. The van der Waals surface area contributed by atoms with Crippen molar-refractivity contribution < 1.29 is 4.74 Å². The first kappa shape index (κ1) is 15.7. The number of hydrogen-bond acceptors (Lipinski definition) is 5. The van der Waals surface area contributed by atoms with Crippen molar-refractivity contribution in [2.45, 2.75) is 27.7 Å². The summed E-state index contributed by atoms with van der Waals surface area (Å²) in [5.74, 6) is 3.22. The van der Waals surface area contributed by atoms with Crippen LogP contribution in [0, 0.1) is 12.8 Å². The lowest BCUT2D eigenvalue weighted by molar-refractivity contribution is 0.204. The molecular formula is C14H26N4O. The van der Waals surface area contributed by atoms with Gasteiger partial charge >= 0.3 is 0 Å². The van der Waals surface area contributed by atoms with Crippen LogP contribution in [0.5, 0.6) is 0 Å². The van der Waals surface area contributed by atoms with E-state index in [0.29, 0.717) is 12.5 Å². The number of nitrogens with zero attached hydrogens (tertiary/aromatic N) is 3.